The first kappa shape index (κ1) is 11.6. The molecular weight excluding hydrogens is 170 g/mol. The third kappa shape index (κ3) is 9.56. The lowest BCUT2D eigenvalue weighted by molar-refractivity contribution is 0.334. The van der Waals surface area contributed by atoms with E-state index in [1.807, 2.05) is 0 Å². The number of rotatable bonds is 8. The molecule has 0 amide bonds. The Hall–Kier alpha value is -0.443. The zero-order valence-electron chi connectivity index (χ0n) is 7.71. The standard InChI is InChI=1S/C8H17NO2Si/c1-2-6-11-12-7-4-3-5-9-8-10/h2-7,12H2,1H3. The molecule has 0 aliphatic carbocycles. The SMILES string of the molecule is CCCO[SiH2]CCCCN=C=O. The molecule has 70 valence electrons. The smallest absolute Gasteiger partial charge is 0.234 e. The Labute approximate surface area is 76.2 Å². The normalized spacial score (nSPS) is 10.4. The molecule has 0 atom stereocenters. The molecular formula is C8H17NO2Si. The second-order valence-corrected chi connectivity index (χ2v) is 4.17. The maximum absolute atomic E-state index is 9.67. The van der Waals surface area contributed by atoms with Crippen LogP contribution in [-0.2, 0) is 9.22 Å². The third-order valence-electron chi connectivity index (χ3n) is 1.47. The van der Waals surface area contributed by atoms with Crippen LogP contribution in [0.3, 0.4) is 0 Å². The van der Waals surface area contributed by atoms with Crippen LogP contribution in [0.1, 0.15) is 26.2 Å². The Balaban J connectivity index is 2.86. The van der Waals surface area contributed by atoms with Crippen LogP contribution in [0.15, 0.2) is 4.99 Å². The summed E-state index contributed by atoms with van der Waals surface area (Å²) in [4.78, 5) is 13.1. The molecule has 0 saturated carbocycles. The van der Waals surface area contributed by atoms with Crippen LogP contribution >= 0.6 is 0 Å². The summed E-state index contributed by atoms with van der Waals surface area (Å²) in [5.74, 6) is 0. The van der Waals surface area contributed by atoms with Crippen molar-refractivity contribution in [3.63, 3.8) is 0 Å². The van der Waals surface area contributed by atoms with E-state index in [2.05, 4.69) is 11.9 Å². The van der Waals surface area contributed by atoms with Crippen molar-refractivity contribution < 1.29 is 9.22 Å². The van der Waals surface area contributed by atoms with E-state index in [9.17, 15) is 4.79 Å². The topological polar surface area (TPSA) is 38.7 Å². The van der Waals surface area contributed by atoms with E-state index in [0.29, 0.717) is 6.54 Å². The Kier molecular flexibility index (Phi) is 10.2. The fourth-order valence-electron chi connectivity index (χ4n) is 0.864. The molecule has 0 fully saturated rings. The van der Waals surface area contributed by atoms with E-state index in [4.69, 9.17) is 4.43 Å². The van der Waals surface area contributed by atoms with Crippen LogP contribution in [0.4, 0.5) is 0 Å². The van der Waals surface area contributed by atoms with Gasteiger partial charge in [-0.25, -0.2) is 9.79 Å². The van der Waals surface area contributed by atoms with Crippen molar-refractivity contribution in [1.29, 1.82) is 0 Å². The maximum atomic E-state index is 9.67. The molecule has 3 nitrogen and oxygen atoms in total. The van der Waals surface area contributed by atoms with Gasteiger partial charge in [-0.05, 0) is 18.9 Å². The number of carbonyl (C=O) groups excluding carboxylic acids is 1. The maximum Gasteiger partial charge on any atom is 0.234 e. The highest BCUT2D eigenvalue weighted by molar-refractivity contribution is 6.26. The average Bonchev–Trinajstić information content (AvgIpc) is 2.10. The lowest BCUT2D eigenvalue weighted by atomic mass is 10.3. The fraction of sp³-hybridized carbons (Fsp3) is 0.875. The fourth-order valence-corrected chi connectivity index (χ4v) is 2.12. The van der Waals surface area contributed by atoms with E-state index in [-0.39, 0.29) is 9.76 Å². The summed E-state index contributed by atoms with van der Waals surface area (Å²) in [5.41, 5.74) is 0. The molecule has 0 bridgehead atoms. The first-order chi connectivity index (χ1) is 5.91. The quantitative estimate of drug-likeness (QED) is 0.246. The molecule has 0 heterocycles. The van der Waals surface area contributed by atoms with E-state index >= 15 is 0 Å². The Morgan fingerprint density at radius 2 is 2.33 bits per heavy atom. The molecule has 12 heavy (non-hydrogen) atoms. The summed E-state index contributed by atoms with van der Waals surface area (Å²) >= 11 is 0. The summed E-state index contributed by atoms with van der Waals surface area (Å²) in [6.07, 6.45) is 4.79. The molecule has 4 heteroatoms. The minimum absolute atomic E-state index is 0.274. The molecule has 0 saturated heterocycles. The molecule has 0 N–H and O–H groups in total. The van der Waals surface area contributed by atoms with Crippen LogP contribution in [0.25, 0.3) is 0 Å². The summed E-state index contributed by atoms with van der Waals surface area (Å²) in [6, 6.07) is 1.20. The summed E-state index contributed by atoms with van der Waals surface area (Å²) in [6.45, 7) is 3.66. The molecule has 0 aromatic carbocycles. The highest BCUT2D eigenvalue weighted by Crippen LogP contribution is 1.95. The van der Waals surface area contributed by atoms with Crippen molar-refractivity contribution in [1.82, 2.24) is 0 Å². The van der Waals surface area contributed by atoms with Gasteiger partial charge in [0.05, 0.1) is 6.54 Å². The van der Waals surface area contributed by atoms with Crippen LogP contribution < -0.4 is 0 Å². The lowest BCUT2D eigenvalue weighted by Crippen LogP contribution is -1.99. The molecule has 0 aromatic heterocycles. The first-order valence-electron chi connectivity index (χ1n) is 4.53. The predicted molar refractivity (Wildman–Crippen MR) is 51.8 cm³/mol. The highest BCUT2D eigenvalue weighted by atomic mass is 28.2. The summed E-state index contributed by atoms with van der Waals surface area (Å²) < 4.78 is 5.42. The Bertz CT molecular complexity index is 135. The molecule has 0 aliphatic heterocycles. The zero-order valence-corrected chi connectivity index (χ0v) is 9.13. The third-order valence-corrected chi connectivity index (χ3v) is 2.84. The molecule has 0 spiro atoms. The van der Waals surface area contributed by atoms with Crippen molar-refractivity contribution in [3.8, 4) is 0 Å². The number of aliphatic imine (C=N–C) groups is 1. The van der Waals surface area contributed by atoms with Crippen LogP contribution in [-0.4, -0.2) is 29.0 Å². The zero-order chi connectivity index (χ0) is 9.07. The average molecular weight is 187 g/mol. The highest BCUT2D eigenvalue weighted by Gasteiger charge is 1.89. The van der Waals surface area contributed by atoms with Gasteiger partial charge in [0.2, 0.25) is 6.08 Å². The van der Waals surface area contributed by atoms with Gasteiger partial charge in [-0.15, -0.1) is 0 Å². The van der Waals surface area contributed by atoms with Gasteiger partial charge in [-0.3, -0.25) is 0 Å². The first-order valence-corrected chi connectivity index (χ1v) is 6.11. The lowest BCUT2D eigenvalue weighted by Gasteiger charge is -1.99. The number of hydrogen-bond acceptors (Lipinski definition) is 3. The van der Waals surface area contributed by atoms with Gasteiger partial charge in [0.15, 0.2) is 9.76 Å². The van der Waals surface area contributed by atoms with Crippen LogP contribution in [0.2, 0.25) is 6.04 Å². The second-order valence-electron chi connectivity index (χ2n) is 2.65. The number of unbranched alkanes of at least 4 members (excludes halogenated alkanes) is 1. The number of hydrogen-bond donors (Lipinski definition) is 0. The van der Waals surface area contributed by atoms with Gasteiger partial charge in [0.1, 0.15) is 0 Å². The van der Waals surface area contributed by atoms with Gasteiger partial charge in [0.25, 0.3) is 0 Å². The summed E-state index contributed by atoms with van der Waals surface area (Å²) in [7, 11) is -0.274. The van der Waals surface area contributed by atoms with Crippen molar-refractivity contribution in [2.24, 2.45) is 4.99 Å². The van der Waals surface area contributed by atoms with Crippen molar-refractivity contribution in [2.45, 2.75) is 32.2 Å². The number of isocyanates is 1. The van der Waals surface area contributed by atoms with Gasteiger partial charge >= 0.3 is 0 Å². The van der Waals surface area contributed by atoms with Crippen molar-refractivity contribution in [3.05, 3.63) is 0 Å². The largest absolute Gasteiger partial charge is 0.424 e. The van der Waals surface area contributed by atoms with Crippen LogP contribution in [0, 0.1) is 0 Å². The minimum atomic E-state index is -0.274. The summed E-state index contributed by atoms with van der Waals surface area (Å²) in [5, 5.41) is 0. The number of nitrogens with zero attached hydrogens (tertiary/aromatic N) is 1. The Morgan fingerprint density at radius 1 is 1.50 bits per heavy atom. The van der Waals surface area contributed by atoms with E-state index in [0.717, 1.165) is 25.9 Å². The van der Waals surface area contributed by atoms with E-state index < -0.39 is 0 Å². The molecule has 0 aromatic rings. The van der Waals surface area contributed by atoms with Gasteiger partial charge < -0.3 is 4.43 Å². The minimum Gasteiger partial charge on any atom is -0.424 e. The van der Waals surface area contributed by atoms with Crippen molar-refractivity contribution in [2.75, 3.05) is 13.2 Å². The van der Waals surface area contributed by atoms with E-state index in [1.165, 1.54) is 12.1 Å². The van der Waals surface area contributed by atoms with Gasteiger partial charge in [0, 0.05) is 6.61 Å². The van der Waals surface area contributed by atoms with Gasteiger partial charge in [-0.1, -0.05) is 13.3 Å². The van der Waals surface area contributed by atoms with Crippen LogP contribution in [0.5, 0.6) is 0 Å². The predicted octanol–water partition coefficient (Wildman–Crippen LogP) is 1.03. The molecule has 0 rings (SSSR count). The van der Waals surface area contributed by atoms with Gasteiger partial charge in [-0.2, -0.15) is 0 Å². The monoisotopic (exact) mass is 187 g/mol. The molecule has 0 radical (unpaired) electrons. The molecule has 0 unspecified atom stereocenters. The molecule has 0 aliphatic rings. The van der Waals surface area contributed by atoms with Crippen molar-refractivity contribution >= 4 is 15.8 Å². The Morgan fingerprint density at radius 3 is 3.00 bits per heavy atom. The van der Waals surface area contributed by atoms with E-state index in [1.54, 1.807) is 0 Å². The second kappa shape index (κ2) is 10.6.